The molecule has 0 aliphatic heterocycles. The normalized spacial score (nSPS) is 12.9. The highest BCUT2D eigenvalue weighted by Crippen LogP contribution is 2.22. The summed E-state index contributed by atoms with van der Waals surface area (Å²) in [6, 6.07) is 1.34. The maximum atomic E-state index is 13.3. The Hall–Kier alpha value is -0.710. The van der Waals surface area contributed by atoms with Crippen molar-refractivity contribution in [2.45, 2.75) is 12.5 Å². The molecule has 1 heterocycles. The molecule has 0 bridgehead atoms. The molecule has 0 aliphatic rings. The van der Waals surface area contributed by atoms with E-state index >= 15 is 0 Å². The van der Waals surface area contributed by atoms with Crippen LogP contribution in [0, 0.1) is 5.82 Å². The molecule has 1 N–H and O–H groups in total. The maximum absolute atomic E-state index is 13.3. The first-order valence-electron chi connectivity index (χ1n) is 4.13. The summed E-state index contributed by atoms with van der Waals surface area (Å²) in [5.41, 5.74) is -0.0328. The second kappa shape index (κ2) is 5.24. The van der Waals surface area contributed by atoms with Gasteiger partial charge in [-0.25, -0.2) is 4.39 Å². The van der Waals surface area contributed by atoms with E-state index < -0.39 is 11.9 Å². The highest BCUT2D eigenvalue weighted by atomic mass is 35.5. The first-order chi connectivity index (χ1) is 6.66. The summed E-state index contributed by atoms with van der Waals surface area (Å²) < 4.78 is 18.0. The van der Waals surface area contributed by atoms with Gasteiger partial charge in [0.2, 0.25) is 0 Å². The van der Waals surface area contributed by atoms with Gasteiger partial charge in [0.1, 0.15) is 11.8 Å². The third-order valence-corrected chi connectivity index (χ3v) is 2.07. The molecule has 1 aromatic heterocycles. The fourth-order valence-corrected chi connectivity index (χ4v) is 1.19. The van der Waals surface area contributed by atoms with E-state index in [0.29, 0.717) is 13.0 Å². The summed E-state index contributed by atoms with van der Waals surface area (Å²) in [7, 11) is 1.51. The quantitative estimate of drug-likeness (QED) is 0.842. The lowest BCUT2D eigenvalue weighted by Crippen LogP contribution is -2.06. The Morgan fingerprint density at radius 2 is 2.43 bits per heavy atom. The van der Waals surface area contributed by atoms with E-state index in [2.05, 4.69) is 4.98 Å². The molecule has 1 rings (SSSR count). The molecule has 3 nitrogen and oxygen atoms in total. The highest BCUT2D eigenvalue weighted by molar-refractivity contribution is 6.30. The molecule has 0 aromatic carbocycles. The summed E-state index contributed by atoms with van der Waals surface area (Å²) in [6.45, 7) is 0.342. The van der Waals surface area contributed by atoms with Crippen LogP contribution in [0.15, 0.2) is 12.3 Å². The van der Waals surface area contributed by atoms with Crippen molar-refractivity contribution in [2.75, 3.05) is 13.7 Å². The topological polar surface area (TPSA) is 42.4 Å². The Labute approximate surface area is 86.5 Å². The summed E-state index contributed by atoms with van der Waals surface area (Å²) in [5, 5.41) is 9.48. The molecule has 78 valence electrons. The number of hydrogen-bond donors (Lipinski definition) is 1. The van der Waals surface area contributed by atoms with Crippen LogP contribution >= 0.6 is 11.6 Å². The van der Waals surface area contributed by atoms with Crippen molar-refractivity contribution in [1.82, 2.24) is 4.98 Å². The lowest BCUT2D eigenvalue weighted by molar-refractivity contribution is 0.105. The van der Waals surface area contributed by atoms with Crippen molar-refractivity contribution in [3.05, 3.63) is 28.8 Å². The SMILES string of the molecule is COCCC(O)c1nccc(Cl)c1F. The molecule has 1 aromatic rings. The van der Waals surface area contributed by atoms with Crippen molar-refractivity contribution in [2.24, 2.45) is 0 Å². The molecule has 1 unspecified atom stereocenters. The minimum Gasteiger partial charge on any atom is -0.387 e. The van der Waals surface area contributed by atoms with E-state index in [1.807, 2.05) is 0 Å². The molecule has 5 heteroatoms. The Morgan fingerprint density at radius 1 is 1.71 bits per heavy atom. The predicted octanol–water partition coefficient (Wildman–Crippen LogP) is 1.94. The third kappa shape index (κ3) is 2.64. The second-order valence-corrected chi connectivity index (χ2v) is 3.20. The number of pyridine rings is 1. The van der Waals surface area contributed by atoms with Gasteiger partial charge in [0.25, 0.3) is 0 Å². The zero-order chi connectivity index (χ0) is 10.6. The van der Waals surface area contributed by atoms with Crippen molar-refractivity contribution >= 4 is 11.6 Å². The number of aliphatic hydroxyl groups is 1. The molecule has 1 atom stereocenters. The van der Waals surface area contributed by atoms with Crippen LogP contribution < -0.4 is 0 Å². The fourth-order valence-electron chi connectivity index (χ4n) is 1.03. The van der Waals surface area contributed by atoms with Gasteiger partial charge < -0.3 is 9.84 Å². The third-order valence-electron chi connectivity index (χ3n) is 1.78. The summed E-state index contributed by atoms with van der Waals surface area (Å²) in [5.74, 6) is -0.669. The van der Waals surface area contributed by atoms with Gasteiger partial charge in [-0.2, -0.15) is 0 Å². The first-order valence-corrected chi connectivity index (χ1v) is 4.51. The molecule has 0 fully saturated rings. The van der Waals surface area contributed by atoms with Gasteiger partial charge in [-0.15, -0.1) is 0 Å². The second-order valence-electron chi connectivity index (χ2n) is 2.79. The molecule has 0 saturated heterocycles. The molecular weight excluding hydrogens is 209 g/mol. The number of halogens is 2. The van der Waals surface area contributed by atoms with Crippen LogP contribution in [0.3, 0.4) is 0 Å². The molecular formula is C9H11ClFNO2. The van der Waals surface area contributed by atoms with Gasteiger partial charge in [0.05, 0.1) is 5.02 Å². The largest absolute Gasteiger partial charge is 0.387 e. The van der Waals surface area contributed by atoms with E-state index in [9.17, 15) is 9.50 Å². The van der Waals surface area contributed by atoms with Crippen LogP contribution in [0.4, 0.5) is 4.39 Å². The summed E-state index contributed by atoms with van der Waals surface area (Å²) in [4.78, 5) is 3.73. The summed E-state index contributed by atoms with van der Waals surface area (Å²) >= 11 is 5.53. The minimum atomic E-state index is -0.978. The van der Waals surface area contributed by atoms with E-state index in [-0.39, 0.29) is 10.7 Å². The zero-order valence-electron chi connectivity index (χ0n) is 7.70. The number of aliphatic hydroxyl groups excluding tert-OH is 1. The van der Waals surface area contributed by atoms with E-state index in [4.69, 9.17) is 16.3 Å². The highest BCUT2D eigenvalue weighted by Gasteiger charge is 2.16. The van der Waals surface area contributed by atoms with Crippen LogP contribution in [0.5, 0.6) is 0 Å². The number of rotatable bonds is 4. The van der Waals surface area contributed by atoms with Crippen LogP contribution in [0.2, 0.25) is 5.02 Å². The van der Waals surface area contributed by atoms with E-state index in [0.717, 1.165) is 0 Å². The van der Waals surface area contributed by atoms with Crippen molar-refractivity contribution in [1.29, 1.82) is 0 Å². The predicted molar refractivity (Wildman–Crippen MR) is 50.7 cm³/mol. The monoisotopic (exact) mass is 219 g/mol. The molecule has 0 radical (unpaired) electrons. The number of hydrogen-bond acceptors (Lipinski definition) is 3. The number of methoxy groups -OCH3 is 1. The number of ether oxygens (including phenoxy) is 1. The van der Waals surface area contributed by atoms with E-state index in [1.165, 1.54) is 19.4 Å². The van der Waals surface area contributed by atoms with Crippen LogP contribution in [-0.4, -0.2) is 23.8 Å². The Morgan fingerprint density at radius 3 is 3.07 bits per heavy atom. The van der Waals surface area contributed by atoms with Crippen LogP contribution in [0.25, 0.3) is 0 Å². The van der Waals surface area contributed by atoms with Crippen molar-refractivity contribution in [3.63, 3.8) is 0 Å². The van der Waals surface area contributed by atoms with Crippen LogP contribution in [-0.2, 0) is 4.74 Å². The minimum absolute atomic E-state index is 0.0328. The van der Waals surface area contributed by atoms with Gasteiger partial charge in [-0.3, -0.25) is 4.98 Å². The van der Waals surface area contributed by atoms with Gasteiger partial charge in [-0.1, -0.05) is 11.6 Å². The maximum Gasteiger partial charge on any atom is 0.165 e. The fraction of sp³-hybridized carbons (Fsp3) is 0.444. The Bertz CT molecular complexity index is 309. The van der Waals surface area contributed by atoms with Gasteiger partial charge >= 0.3 is 0 Å². The Kier molecular flexibility index (Phi) is 4.25. The average molecular weight is 220 g/mol. The van der Waals surface area contributed by atoms with Gasteiger partial charge in [0.15, 0.2) is 5.82 Å². The Balaban J connectivity index is 2.79. The lowest BCUT2D eigenvalue weighted by atomic mass is 10.1. The lowest BCUT2D eigenvalue weighted by Gasteiger charge is -2.10. The molecule has 0 spiro atoms. The smallest absolute Gasteiger partial charge is 0.165 e. The molecule has 0 amide bonds. The average Bonchev–Trinajstić information content (AvgIpc) is 2.18. The zero-order valence-corrected chi connectivity index (χ0v) is 8.46. The van der Waals surface area contributed by atoms with E-state index in [1.54, 1.807) is 0 Å². The molecule has 0 aliphatic carbocycles. The first kappa shape index (κ1) is 11.4. The van der Waals surface area contributed by atoms with Gasteiger partial charge in [0, 0.05) is 26.3 Å². The van der Waals surface area contributed by atoms with Gasteiger partial charge in [-0.05, 0) is 6.07 Å². The molecule has 14 heavy (non-hydrogen) atoms. The summed E-state index contributed by atoms with van der Waals surface area (Å²) in [6.07, 6.45) is 0.672. The van der Waals surface area contributed by atoms with Crippen molar-refractivity contribution < 1.29 is 14.2 Å². The number of aromatic nitrogens is 1. The standard InChI is InChI=1S/C9H11ClFNO2/c1-14-5-3-7(13)9-8(11)6(10)2-4-12-9/h2,4,7,13H,3,5H2,1H3. The van der Waals surface area contributed by atoms with Crippen molar-refractivity contribution in [3.8, 4) is 0 Å². The van der Waals surface area contributed by atoms with Crippen LogP contribution in [0.1, 0.15) is 18.2 Å². The molecule has 0 saturated carbocycles. The number of nitrogens with zero attached hydrogens (tertiary/aromatic N) is 1.